The largest absolute Gasteiger partial charge is 0.488 e. The molecule has 1 N–H and O–H groups in total. The summed E-state index contributed by atoms with van der Waals surface area (Å²) in [6.07, 6.45) is 2.19. The molecule has 17 heavy (non-hydrogen) atoms. The Kier molecular flexibility index (Phi) is 2.52. The summed E-state index contributed by atoms with van der Waals surface area (Å²) in [6.45, 7) is 0.318. The number of hydrogen-bond donors (Lipinski definition) is 1. The molecule has 0 radical (unpaired) electrons. The van der Waals surface area contributed by atoms with Crippen LogP contribution in [0.1, 0.15) is 35.2 Å². The molecule has 0 unspecified atom stereocenters. The summed E-state index contributed by atoms with van der Waals surface area (Å²) >= 11 is 0. The fourth-order valence-electron chi connectivity index (χ4n) is 2.40. The second kappa shape index (κ2) is 4.04. The van der Waals surface area contributed by atoms with Gasteiger partial charge in [0.1, 0.15) is 18.5 Å². The summed E-state index contributed by atoms with van der Waals surface area (Å²) in [6, 6.07) is 5.31. The van der Waals surface area contributed by atoms with Crippen LogP contribution in [0, 0.1) is 0 Å². The highest BCUT2D eigenvalue weighted by atomic mass is 16.5. The fourth-order valence-corrected chi connectivity index (χ4v) is 2.40. The molecular weight excluding hydrogens is 220 g/mol. The van der Waals surface area contributed by atoms with E-state index in [4.69, 9.17) is 9.47 Å². The van der Waals surface area contributed by atoms with Crippen molar-refractivity contribution in [3.63, 3.8) is 0 Å². The van der Waals surface area contributed by atoms with Crippen LogP contribution in [-0.2, 0) is 11.3 Å². The van der Waals surface area contributed by atoms with Crippen LogP contribution in [-0.4, -0.2) is 23.3 Å². The Morgan fingerprint density at radius 1 is 1.35 bits per heavy atom. The fraction of sp³-hybridized carbons (Fsp3) is 0.462. The number of carbonyl (C=O) groups excluding carboxylic acids is 1. The molecule has 4 heteroatoms. The normalized spacial score (nSPS) is 26.8. The molecule has 1 aliphatic carbocycles. The average molecular weight is 234 g/mol. The van der Waals surface area contributed by atoms with Crippen molar-refractivity contribution < 1.29 is 19.4 Å². The van der Waals surface area contributed by atoms with E-state index >= 15 is 0 Å². The molecule has 0 aromatic heterocycles. The number of esters is 1. The van der Waals surface area contributed by atoms with Gasteiger partial charge < -0.3 is 14.6 Å². The molecule has 90 valence electrons. The summed E-state index contributed by atoms with van der Waals surface area (Å²) in [5.41, 5.74) is 1.48. The molecule has 3 rings (SSSR count). The van der Waals surface area contributed by atoms with Crippen LogP contribution in [0.2, 0.25) is 0 Å². The maximum atomic E-state index is 11.3. The minimum atomic E-state index is -0.374. The zero-order valence-corrected chi connectivity index (χ0v) is 9.39. The van der Waals surface area contributed by atoms with Gasteiger partial charge in [0.15, 0.2) is 0 Å². The molecule has 1 saturated carbocycles. The van der Waals surface area contributed by atoms with Crippen molar-refractivity contribution in [2.24, 2.45) is 0 Å². The minimum Gasteiger partial charge on any atom is -0.488 e. The van der Waals surface area contributed by atoms with Gasteiger partial charge in [0.25, 0.3) is 0 Å². The zero-order valence-electron chi connectivity index (χ0n) is 9.39. The number of aliphatic hydroxyl groups is 1. The first-order chi connectivity index (χ1) is 8.24. The number of hydrogen-bond acceptors (Lipinski definition) is 4. The van der Waals surface area contributed by atoms with E-state index in [0.717, 1.165) is 24.8 Å². The molecular formula is C13H14O4. The predicted octanol–water partition coefficient (Wildman–Crippen LogP) is 1.65. The van der Waals surface area contributed by atoms with Crippen LogP contribution in [0.4, 0.5) is 0 Å². The van der Waals surface area contributed by atoms with Gasteiger partial charge in [-0.3, -0.25) is 0 Å². The van der Waals surface area contributed by atoms with Gasteiger partial charge in [0.2, 0.25) is 0 Å². The Labute approximate surface area is 99.2 Å². The standard InChI is InChI=1S/C13H14O4/c14-11-2-1-3-12(11)17-9-4-5-10-8(6-9)7-16-13(10)15/h4-6,11-12,14H,1-3,7H2/t11-,12+/m1/s1. The molecule has 0 amide bonds. The van der Waals surface area contributed by atoms with E-state index < -0.39 is 0 Å². The SMILES string of the molecule is O=C1OCc2cc(O[C@H]3CCC[C@H]3O)ccc21. The molecule has 0 bridgehead atoms. The van der Waals surface area contributed by atoms with Crippen LogP contribution in [0.15, 0.2) is 18.2 Å². The summed E-state index contributed by atoms with van der Waals surface area (Å²) in [5.74, 6) is 0.431. The summed E-state index contributed by atoms with van der Waals surface area (Å²) in [5, 5.41) is 9.68. The Morgan fingerprint density at radius 3 is 3.00 bits per heavy atom. The minimum absolute atomic E-state index is 0.119. The Balaban J connectivity index is 1.78. The quantitative estimate of drug-likeness (QED) is 0.790. The van der Waals surface area contributed by atoms with Gasteiger partial charge in [-0.1, -0.05) is 0 Å². The maximum absolute atomic E-state index is 11.3. The van der Waals surface area contributed by atoms with E-state index in [9.17, 15) is 9.90 Å². The number of rotatable bonds is 2. The van der Waals surface area contributed by atoms with Gasteiger partial charge in [-0.15, -0.1) is 0 Å². The highest BCUT2D eigenvalue weighted by Gasteiger charge is 2.28. The van der Waals surface area contributed by atoms with Crippen molar-refractivity contribution in [3.05, 3.63) is 29.3 Å². The van der Waals surface area contributed by atoms with Crippen molar-refractivity contribution in [2.45, 2.75) is 38.1 Å². The van der Waals surface area contributed by atoms with E-state index in [1.165, 1.54) is 0 Å². The third-order valence-corrected chi connectivity index (χ3v) is 3.36. The summed E-state index contributed by atoms with van der Waals surface area (Å²) in [4.78, 5) is 11.3. The highest BCUT2D eigenvalue weighted by molar-refractivity contribution is 5.93. The van der Waals surface area contributed by atoms with Gasteiger partial charge >= 0.3 is 5.97 Å². The molecule has 0 spiro atoms. The molecule has 1 aromatic carbocycles. The number of aliphatic hydroxyl groups excluding tert-OH is 1. The molecule has 4 nitrogen and oxygen atoms in total. The van der Waals surface area contributed by atoms with Gasteiger partial charge in [-0.05, 0) is 37.5 Å². The van der Waals surface area contributed by atoms with Crippen LogP contribution in [0.5, 0.6) is 5.75 Å². The van der Waals surface area contributed by atoms with Gasteiger partial charge in [0, 0.05) is 5.56 Å². The Morgan fingerprint density at radius 2 is 2.24 bits per heavy atom. The third-order valence-electron chi connectivity index (χ3n) is 3.36. The van der Waals surface area contributed by atoms with Crippen LogP contribution in [0.25, 0.3) is 0 Å². The Hall–Kier alpha value is -1.55. The Bertz CT molecular complexity index is 455. The second-order valence-electron chi connectivity index (χ2n) is 4.55. The lowest BCUT2D eigenvalue weighted by molar-refractivity contribution is 0.0534. The van der Waals surface area contributed by atoms with Crippen molar-refractivity contribution in [1.82, 2.24) is 0 Å². The van der Waals surface area contributed by atoms with Crippen LogP contribution >= 0.6 is 0 Å². The van der Waals surface area contributed by atoms with Crippen molar-refractivity contribution in [2.75, 3.05) is 0 Å². The predicted molar refractivity (Wildman–Crippen MR) is 59.8 cm³/mol. The molecule has 1 aliphatic heterocycles. The first-order valence-corrected chi connectivity index (χ1v) is 5.89. The van der Waals surface area contributed by atoms with E-state index in [-0.39, 0.29) is 18.2 Å². The highest BCUT2D eigenvalue weighted by Crippen LogP contribution is 2.28. The topological polar surface area (TPSA) is 55.8 Å². The lowest BCUT2D eigenvalue weighted by Gasteiger charge is -2.17. The smallest absolute Gasteiger partial charge is 0.338 e. The lowest BCUT2D eigenvalue weighted by atomic mass is 10.1. The van der Waals surface area contributed by atoms with Gasteiger partial charge in [-0.2, -0.15) is 0 Å². The molecule has 1 aromatic rings. The van der Waals surface area contributed by atoms with E-state index in [1.807, 2.05) is 6.07 Å². The number of carbonyl (C=O) groups is 1. The van der Waals surface area contributed by atoms with Crippen molar-refractivity contribution in [3.8, 4) is 5.75 Å². The van der Waals surface area contributed by atoms with E-state index in [0.29, 0.717) is 17.9 Å². The first-order valence-electron chi connectivity index (χ1n) is 5.89. The van der Waals surface area contributed by atoms with Gasteiger partial charge in [-0.25, -0.2) is 4.79 Å². The molecule has 0 saturated heterocycles. The number of fused-ring (bicyclic) bond motifs is 1. The number of benzene rings is 1. The van der Waals surface area contributed by atoms with E-state index in [1.54, 1.807) is 12.1 Å². The number of cyclic esters (lactones) is 1. The van der Waals surface area contributed by atoms with Gasteiger partial charge in [0.05, 0.1) is 11.7 Å². The summed E-state index contributed by atoms with van der Waals surface area (Å²) < 4.78 is 10.7. The second-order valence-corrected chi connectivity index (χ2v) is 4.55. The van der Waals surface area contributed by atoms with Crippen molar-refractivity contribution >= 4 is 5.97 Å². The van der Waals surface area contributed by atoms with Crippen LogP contribution < -0.4 is 4.74 Å². The third kappa shape index (κ3) is 1.89. The molecule has 1 heterocycles. The molecule has 2 atom stereocenters. The molecule has 2 aliphatic rings. The van der Waals surface area contributed by atoms with E-state index in [2.05, 4.69) is 0 Å². The van der Waals surface area contributed by atoms with Crippen LogP contribution in [0.3, 0.4) is 0 Å². The zero-order chi connectivity index (χ0) is 11.8. The summed E-state index contributed by atoms with van der Waals surface area (Å²) in [7, 11) is 0. The maximum Gasteiger partial charge on any atom is 0.338 e. The number of ether oxygens (including phenoxy) is 2. The molecule has 1 fully saturated rings. The monoisotopic (exact) mass is 234 g/mol. The van der Waals surface area contributed by atoms with Crippen molar-refractivity contribution in [1.29, 1.82) is 0 Å². The first kappa shape index (κ1) is 10.6. The lowest BCUT2D eigenvalue weighted by Crippen LogP contribution is -2.25. The average Bonchev–Trinajstić information content (AvgIpc) is 2.87.